The first kappa shape index (κ1) is 20.1. The molecule has 1 aromatic rings. The van der Waals surface area contributed by atoms with Gasteiger partial charge in [-0.3, -0.25) is 24.6 Å². The molecular weight excluding hydrogens is 366 g/mol. The first-order valence-corrected chi connectivity index (χ1v) is 10.7. The lowest BCUT2D eigenvalue weighted by Crippen LogP contribution is -2.54. The number of rotatable bonds is 4. The average molecular weight is 398 g/mol. The van der Waals surface area contributed by atoms with Crippen molar-refractivity contribution < 1.29 is 14.4 Å². The third kappa shape index (κ3) is 2.61. The van der Waals surface area contributed by atoms with E-state index in [0.29, 0.717) is 12.3 Å². The average Bonchev–Trinajstić information content (AvgIpc) is 3.20. The first-order chi connectivity index (χ1) is 13.6. The van der Waals surface area contributed by atoms with Gasteiger partial charge in [-0.2, -0.15) is 0 Å². The van der Waals surface area contributed by atoms with Gasteiger partial charge in [-0.05, 0) is 45.1 Å². The number of fused-ring (bicyclic) bond motifs is 4. The molecule has 1 aromatic carbocycles. The van der Waals surface area contributed by atoms with Crippen LogP contribution in [0.4, 0.5) is 5.69 Å². The van der Waals surface area contributed by atoms with Crippen LogP contribution in [0.15, 0.2) is 12.1 Å². The molecular formula is C23H31N3O3. The molecule has 3 aliphatic heterocycles. The molecule has 5 atom stereocenters. The van der Waals surface area contributed by atoms with Gasteiger partial charge in [0, 0.05) is 23.3 Å². The Morgan fingerprint density at radius 1 is 1.10 bits per heavy atom. The molecule has 6 nitrogen and oxygen atoms in total. The van der Waals surface area contributed by atoms with Crippen LogP contribution in [0.1, 0.15) is 57.2 Å². The molecule has 4 rings (SSSR count). The molecule has 2 saturated heterocycles. The minimum absolute atomic E-state index is 0.130. The van der Waals surface area contributed by atoms with Crippen molar-refractivity contribution in [1.82, 2.24) is 10.2 Å². The van der Waals surface area contributed by atoms with E-state index in [-0.39, 0.29) is 29.8 Å². The number of aryl methyl sites for hydroxylation is 2. The Labute approximate surface area is 172 Å². The van der Waals surface area contributed by atoms with Crippen molar-refractivity contribution in [2.24, 2.45) is 17.8 Å². The molecule has 29 heavy (non-hydrogen) atoms. The van der Waals surface area contributed by atoms with Crippen molar-refractivity contribution in [3.8, 4) is 0 Å². The van der Waals surface area contributed by atoms with E-state index in [1.807, 2.05) is 39.8 Å². The predicted octanol–water partition coefficient (Wildman–Crippen LogP) is 2.87. The normalized spacial score (nSPS) is 31.6. The van der Waals surface area contributed by atoms with Crippen LogP contribution >= 0.6 is 0 Å². The van der Waals surface area contributed by atoms with Crippen LogP contribution in [0.2, 0.25) is 0 Å². The molecule has 156 valence electrons. The van der Waals surface area contributed by atoms with Crippen LogP contribution in [0.25, 0.3) is 0 Å². The van der Waals surface area contributed by atoms with Crippen LogP contribution in [-0.2, 0) is 19.9 Å². The van der Waals surface area contributed by atoms with Crippen molar-refractivity contribution in [2.75, 3.05) is 5.32 Å². The van der Waals surface area contributed by atoms with Gasteiger partial charge < -0.3 is 5.32 Å². The van der Waals surface area contributed by atoms with E-state index >= 15 is 0 Å². The number of carbonyl (C=O) groups is 3. The lowest BCUT2D eigenvalue weighted by atomic mass is 9.75. The summed E-state index contributed by atoms with van der Waals surface area (Å²) in [6.45, 7) is 12.1. The van der Waals surface area contributed by atoms with Gasteiger partial charge >= 0.3 is 0 Å². The fourth-order valence-electron chi connectivity index (χ4n) is 5.61. The highest BCUT2D eigenvalue weighted by Crippen LogP contribution is 2.54. The van der Waals surface area contributed by atoms with Crippen molar-refractivity contribution in [3.05, 3.63) is 28.8 Å². The Bertz CT molecular complexity index is 909. The first-order valence-electron chi connectivity index (χ1n) is 10.7. The monoisotopic (exact) mass is 397 g/mol. The molecule has 5 unspecified atom stereocenters. The van der Waals surface area contributed by atoms with Gasteiger partial charge in [0.1, 0.15) is 5.54 Å². The summed E-state index contributed by atoms with van der Waals surface area (Å²) in [5, 5.41) is 6.54. The van der Waals surface area contributed by atoms with Crippen LogP contribution in [0, 0.1) is 31.6 Å². The zero-order valence-corrected chi connectivity index (χ0v) is 18.1. The number of nitrogens with zero attached hydrogens (tertiary/aromatic N) is 1. The van der Waals surface area contributed by atoms with E-state index < -0.39 is 17.4 Å². The predicted molar refractivity (Wildman–Crippen MR) is 111 cm³/mol. The van der Waals surface area contributed by atoms with Crippen LogP contribution in [-0.4, -0.2) is 34.7 Å². The largest absolute Gasteiger partial charge is 0.324 e. The fourth-order valence-corrected chi connectivity index (χ4v) is 5.61. The number of hydrogen-bond donors (Lipinski definition) is 2. The summed E-state index contributed by atoms with van der Waals surface area (Å²) in [6.07, 6.45) is 1.44. The van der Waals surface area contributed by atoms with Gasteiger partial charge in [0.2, 0.25) is 17.7 Å². The second-order valence-corrected chi connectivity index (χ2v) is 9.45. The molecule has 0 aromatic heterocycles. The second-order valence-electron chi connectivity index (χ2n) is 9.45. The number of amides is 3. The van der Waals surface area contributed by atoms with E-state index in [2.05, 4.69) is 24.5 Å². The molecule has 2 fully saturated rings. The number of benzene rings is 1. The third-order valence-corrected chi connectivity index (χ3v) is 6.96. The molecule has 6 heteroatoms. The Kier molecular flexibility index (Phi) is 4.61. The van der Waals surface area contributed by atoms with Crippen LogP contribution in [0.3, 0.4) is 0 Å². The Morgan fingerprint density at radius 3 is 2.41 bits per heavy atom. The summed E-state index contributed by atoms with van der Waals surface area (Å²) >= 11 is 0. The molecule has 1 spiro atoms. The van der Waals surface area contributed by atoms with E-state index in [9.17, 15) is 14.4 Å². The smallest absolute Gasteiger partial charge is 0.250 e. The van der Waals surface area contributed by atoms with E-state index in [0.717, 1.165) is 28.8 Å². The summed E-state index contributed by atoms with van der Waals surface area (Å²) in [7, 11) is 0. The maximum absolute atomic E-state index is 13.6. The highest BCUT2D eigenvalue weighted by atomic mass is 16.2. The molecule has 2 N–H and O–H groups in total. The van der Waals surface area contributed by atoms with Gasteiger partial charge in [0.25, 0.3) is 0 Å². The third-order valence-electron chi connectivity index (χ3n) is 6.96. The maximum Gasteiger partial charge on any atom is 0.250 e. The van der Waals surface area contributed by atoms with E-state index in [1.165, 1.54) is 4.90 Å². The van der Waals surface area contributed by atoms with Gasteiger partial charge in [0.05, 0.1) is 11.8 Å². The number of anilines is 1. The molecule has 0 bridgehead atoms. The number of likely N-dealkylation sites (tertiary alicyclic amines) is 1. The Morgan fingerprint density at radius 2 is 1.79 bits per heavy atom. The van der Waals surface area contributed by atoms with Gasteiger partial charge in [-0.1, -0.05) is 38.5 Å². The summed E-state index contributed by atoms with van der Waals surface area (Å²) < 4.78 is 0. The number of hydrogen-bond acceptors (Lipinski definition) is 4. The fraction of sp³-hybridized carbons (Fsp3) is 0.609. The lowest BCUT2D eigenvalue weighted by molar-refractivity contribution is -0.145. The van der Waals surface area contributed by atoms with Gasteiger partial charge in [0.15, 0.2) is 0 Å². The number of nitrogens with one attached hydrogen (secondary N) is 2. The standard InChI is InChI=1S/C23H31N3O3/c1-7-14(6)26-20(27)17-16(8-11(2)3)25-23(18(17)21(26)28)15-10-12(4)9-13(5)19(15)24-22(23)29/h9-11,14,16-18,25H,7-8H2,1-6H3,(H,24,29). The highest BCUT2D eigenvalue weighted by Gasteiger charge is 2.70. The summed E-state index contributed by atoms with van der Waals surface area (Å²) in [6, 6.07) is 3.65. The molecule has 0 saturated carbocycles. The quantitative estimate of drug-likeness (QED) is 0.766. The highest BCUT2D eigenvalue weighted by molar-refractivity contribution is 6.15. The molecule has 3 amide bonds. The molecule has 3 heterocycles. The summed E-state index contributed by atoms with van der Waals surface area (Å²) in [4.78, 5) is 41.9. The number of carbonyl (C=O) groups excluding carboxylic acids is 3. The number of imide groups is 1. The Hall–Kier alpha value is -2.21. The second kappa shape index (κ2) is 6.66. The minimum atomic E-state index is -1.18. The molecule has 3 aliphatic rings. The van der Waals surface area contributed by atoms with Crippen molar-refractivity contribution in [1.29, 1.82) is 0 Å². The zero-order valence-electron chi connectivity index (χ0n) is 18.1. The van der Waals surface area contributed by atoms with E-state index in [4.69, 9.17) is 0 Å². The lowest BCUT2D eigenvalue weighted by Gasteiger charge is -2.31. The zero-order chi connectivity index (χ0) is 21.2. The van der Waals surface area contributed by atoms with Crippen molar-refractivity contribution in [3.63, 3.8) is 0 Å². The molecule has 0 aliphatic carbocycles. The Balaban J connectivity index is 1.91. The minimum Gasteiger partial charge on any atom is -0.324 e. The van der Waals surface area contributed by atoms with Gasteiger partial charge in [-0.25, -0.2) is 0 Å². The van der Waals surface area contributed by atoms with E-state index in [1.54, 1.807) is 0 Å². The summed E-state index contributed by atoms with van der Waals surface area (Å²) in [5.41, 5.74) is 2.43. The van der Waals surface area contributed by atoms with Crippen molar-refractivity contribution >= 4 is 23.4 Å². The topological polar surface area (TPSA) is 78.5 Å². The van der Waals surface area contributed by atoms with Crippen LogP contribution in [0.5, 0.6) is 0 Å². The van der Waals surface area contributed by atoms with Crippen LogP contribution < -0.4 is 10.6 Å². The molecule has 0 radical (unpaired) electrons. The van der Waals surface area contributed by atoms with Crippen molar-refractivity contribution in [2.45, 2.75) is 72.0 Å². The maximum atomic E-state index is 13.6. The summed E-state index contributed by atoms with van der Waals surface area (Å²) in [5.74, 6) is -1.42. The SMILES string of the molecule is CCC(C)N1C(=O)C2C(CC(C)C)NC3(C(=O)Nc4c(C)cc(C)cc43)C2C1=O. The van der Waals surface area contributed by atoms with Gasteiger partial charge in [-0.15, -0.1) is 0 Å².